The second-order valence-electron chi connectivity index (χ2n) is 10.9. The molecule has 0 amide bonds. The van der Waals surface area contributed by atoms with Crippen LogP contribution in [0.4, 0.5) is 0 Å². The maximum atomic E-state index is 13.0. The highest BCUT2D eigenvalue weighted by Gasteiger charge is 2.46. The number of esters is 1. The monoisotopic (exact) mass is 636 g/mol. The first-order valence-electron chi connectivity index (χ1n) is 14.2. The van der Waals surface area contributed by atoms with E-state index in [1.807, 2.05) is 0 Å². The lowest BCUT2D eigenvalue weighted by Crippen LogP contribution is -2.60. The van der Waals surface area contributed by atoms with Gasteiger partial charge in [-0.25, -0.2) is 4.79 Å². The third kappa shape index (κ3) is 6.98. The van der Waals surface area contributed by atoms with E-state index in [1.165, 1.54) is 31.4 Å². The third-order valence-electron chi connectivity index (χ3n) is 7.95. The summed E-state index contributed by atoms with van der Waals surface area (Å²) in [5.74, 6) is 0.0530. The zero-order valence-corrected chi connectivity index (χ0v) is 24.0. The summed E-state index contributed by atoms with van der Waals surface area (Å²) in [5.41, 5.74) is 1.24. The molecule has 0 saturated carbocycles. The Bertz CT molecular complexity index is 1350. The average molecular weight is 637 g/mol. The molecule has 246 valence electrons. The van der Waals surface area contributed by atoms with Gasteiger partial charge in [-0.05, 0) is 34.9 Å². The van der Waals surface area contributed by atoms with Crippen LogP contribution >= 0.6 is 0 Å². The Morgan fingerprint density at radius 3 is 1.93 bits per heavy atom. The molecule has 8 N–H and O–H groups in total. The Hall–Kier alpha value is -3.19. The molecule has 0 radical (unpaired) electrons. The molecule has 0 bridgehead atoms. The molecular formula is C30H36O15. The Kier molecular flexibility index (Phi) is 10.4. The summed E-state index contributed by atoms with van der Waals surface area (Å²) in [6, 6.07) is 10.9. The number of hydrogen-bond acceptors (Lipinski definition) is 15. The number of rotatable bonds is 8. The van der Waals surface area contributed by atoms with Gasteiger partial charge in [0.15, 0.2) is 6.29 Å². The van der Waals surface area contributed by atoms with E-state index in [0.29, 0.717) is 16.9 Å². The minimum Gasteiger partial charge on any atom is -0.497 e. The quantitative estimate of drug-likeness (QED) is 0.111. The van der Waals surface area contributed by atoms with Crippen LogP contribution in [-0.4, -0.2) is 135 Å². The van der Waals surface area contributed by atoms with Crippen molar-refractivity contribution in [2.75, 3.05) is 20.3 Å². The lowest BCUT2D eigenvalue weighted by molar-refractivity contribution is -0.306. The second kappa shape index (κ2) is 14.1. The fourth-order valence-electron chi connectivity index (χ4n) is 5.35. The van der Waals surface area contributed by atoms with Gasteiger partial charge in [-0.1, -0.05) is 18.2 Å². The van der Waals surface area contributed by atoms with Crippen molar-refractivity contribution in [1.82, 2.24) is 0 Å². The number of benzene rings is 2. The fourth-order valence-corrected chi connectivity index (χ4v) is 5.35. The average Bonchev–Trinajstić information content (AvgIpc) is 3.04. The van der Waals surface area contributed by atoms with E-state index in [0.717, 1.165) is 0 Å². The topological polar surface area (TPSA) is 234 Å². The van der Waals surface area contributed by atoms with Crippen molar-refractivity contribution in [2.24, 2.45) is 0 Å². The zero-order valence-electron chi connectivity index (χ0n) is 24.0. The highest BCUT2D eigenvalue weighted by Crippen LogP contribution is 2.35. The van der Waals surface area contributed by atoms with Crippen molar-refractivity contribution < 1.29 is 74.1 Å². The number of carbonyl (C=O) groups is 1. The number of ether oxygens (including phenoxy) is 6. The summed E-state index contributed by atoms with van der Waals surface area (Å²) in [5, 5.41) is 80.7. The minimum absolute atomic E-state index is 0.0799. The van der Waals surface area contributed by atoms with E-state index in [1.54, 1.807) is 24.3 Å². The molecule has 15 nitrogen and oxygen atoms in total. The number of aliphatic hydroxyl groups is 8. The van der Waals surface area contributed by atoms with Gasteiger partial charge in [-0.15, -0.1) is 0 Å². The SMILES string of the molecule is COc1ccc2c(c1)OC(=O)C=C(c1ccc(O[C@@H]3O[C@H](CO)[C@@H](O)[C@H](O)[C@H]3O)cc1)C(O[C@H]1O[C@@H](CO)[C@H](O)[C@@H](O)[C@@H]1O)C2. The number of methoxy groups -OCH3 is 1. The van der Waals surface area contributed by atoms with Gasteiger partial charge < -0.3 is 69.3 Å². The summed E-state index contributed by atoms with van der Waals surface area (Å²) in [7, 11) is 1.46. The highest BCUT2D eigenvalue weighted by molar-refractivity contribution is 5.94. The van der Waals surface area contributed by atoms with E-state index in [9.17, 15) is 45.6 Å². The molecule has 2 saturated heterocycles. The fraction of sp³-hybridized carbons (Fsp3) is 0.500. The van der Waals surface area contributed by atoms with Crippen LogP contribution in [0.15, 0.2) is 48.5 Å². The van der Waals surface area contributed by atoms with E-state index in [4.69, 9.17) is 28.4 Å². The molecule has 3 heterocycles. The van der Waals surface area contributed by atoms with Crippen LogP contribution in [0.25, 0.3) is 5.57 Å². The molecule has 3 aliphatic rings. The van der Waals surface area contributed by atoms with E-state index in [2.05, 4.69) is 0 Å². The van der Waals surface area contributed by atoms with Crippen LogP contribution in [-0.2, 0) is 25.4 Å². The van der Waals surface area contributed by atoms with Crippen LogP contribution in [0.1, 0.15) is 11.1 Å². The summed E-state index contributed by atoms with van der Waals surface area (Å²) in [6.45, 7) is -1.29. The standard InChI is InChI=1S/C30H36O15/c1-40-16-7-4-14-8-19(43-30-28(39)26(37)24(35)21(12-32)45-30)17(10-22(33)42-18(14)9-16)13-2-5-15(6-3-13)41-29-27(38)25(36)23(34)20(11-31)44-29/h2-7,9-10,19-21,23-32,34-39H,8,11-12H2,1H3/t19?,20-,21+,23-,24+,25+,26-,27-,28+,29-,30+/m1/s1. The van der Waals surface area contributed by atoms with E-state index in [-0.39, 0.29) is 23.5 Å². The van der Waals surface area contributed by atoms with Crippen molar-refractivity contribution in [3.8, 4) is 17.2 Å². The Morgan fingerprint density at radius 2 is 1.33 bits per heavy atom. The van der Waals surface area contributed by atoms with Gasteiger partial charge in [0.25, 0.3) is 0 Å². The summed E-state index contributed by atoms with van der Waals surface area (Å²) in [4.78, 5) is 13.0. The van der Waals surface area contributed by atoms with Gasteiger partial charge in [0.2, 0.25) is 6.29 Å². The first-order valence-corrected chi connectivity index (χ1v) is 14.2. The predicted molar refractivity (Wildman–Crippen MR) is 150 cm³/mol. The van der Waals surface area contributed by atoms with Crippen LogP contribution in [0.5, 0.6) is 17.2 Å². The van der Waals surface area contributed by atoms with Crippen molar-refractivity contribution in [3.63, 3.8) is 0 Å². The van der Waals surface area contributed by atoms with Crippen LogP contribution in [0, 0.1) is 0 Å². The predicted octanol–water partition coefficient (Wildman–Crippen LogP) is -2.40. The van der Waals surface area contributed by atoms with Crippen LogP contribution in [0.3, 0.4) is 0 Å². The Labute approximate surface area is 257 Å². The normalized spacial score (nSPS) is 35.4. The molecule has 45 heavy (non-hydrogen) atoms. The molecule has 2 aromatic rings. The molecule has 0 aliphatic carbocycles. The molecule has 0 spiro atoms. The molecule has 2 aromatic carbocycles. The van der Waals surface area contributed by atoms with Crippen molar-refractivity contribution in [1.29, 1.82) is 0 Å². The first kappa shape index (κ1) is 33.2. The maximum absolute atomic E-state index is 13.0. The van der Waals surface area contributed by atoms with Gasteiger partial charge in [-0.2, -0.15) is 0 Å². The second-order valence-corrected chi connectivity index (χ2v) is 10.9. The minimum atomic E-state index is -1.70. The lowest BCUT2D eigenvalue weighted by Gasteiger charge is -2.41. The molecule has 3 aliphatic heterocycles. The van der Waals surface area contributed by atoms with Crippen LogP contribution in [0.2, 0.25) is 0 Å². The molecular weight excluding hydrogens is 600 g/mol. The number of fused-ring (bicyclic) bond motifs is 1. The number of aliphatic hydroxyl groups excluding tert-OH is 8. The van der Waals surface area contributed by atoms with Crippen molar-refractivity contribution >= 4 is 11.5 Å². The largest absolute Gasteiger partial charge is 0.497 e. The molecule has 11 atom stereocenters. The highest BCUT2D eigenvalue weighted by atomic mass is 16.7. The van der Waals surface area contributed by atoms with Crippen LogP contribution < -0.4 is 14.2 Å². The molecule has 2 fully saturated rings. The molecule has 1 unspecified atom stereocenters. The van der Waals surface area contributed by atoms with Gasteiger partial charge in [0.05, 0.1) is 26.4 Å². The zero-order chi connectivity index (χ0) is 32.4. The maximum Gasteiger partial charge on any atom is 0.336 e. The van der Waals surface area contributed by atoms with Crippen molar-refractivity contribution in [2.45, 2.75) is 73.9 Å². The smallest absolute Gasteiger partial charge is 0.336 e. The number of carbonyl (C=O) groups excluding carboxylic acids is 1. The van der Waals surface area contributed by atoms with Gasteiger partial charge in [0.1, 0.15) is 66.1 Å². The lowest BCUT2D eigenvalue weighted by atomic mass is 9.93. The van der Waals surface area contributed by atoms with Gasteiger partial charge in [-0.3, -0.25) is 0 Å². The number of hydrogen-bond donors (Lipinski definition) is 8. The third-order valence-corrected chi connectivity index (χ3v) is 7.95. The first-order chi connectivity index (χ1) is 21.5. The summed E-state index contributed by atoms with van der Waals surface area (Å²) >= 11 is 0. The summed E-state index contributed by atoms with van der Waals surface area (Å²) in [6.07, 6.45) is -14.9. The molecule has 5 rings (SSSR count). The van der Waals surface area contributed by atoms with E-state index >= 15 is 0 Å². The van der Waals surface area contributed by atoms with Crippen molar-refractivity contribution in [3.05, 3.63) is 59.7 Å². The molecule has 0 aromatic heterocycles. The van der Waals surface area contributed by atoms with Gasteiger partial charge in [0, 0.05) is 18.6 Å². The van der Waals surface area contributed by atoms with Gasteiger partial charge >= 0.3 is 5.97 Å². The Morgan fingerprint density at radius 1 is 0.756 bits per heavy atom. The summed E-state index contributed by atoms with van der Waals surface area (Å²) < 4.78 is 33.6. The molecule has 15 heteroatoms. The van der Waals surface area contributed by atoms with E-state index < -0.39 is 86.7 Å². The Balaban J connectivity index is 1.44.